The summed E-state index contributed by atoms with van der Waals surface area (Å²) in [4.78, 5) is 0. The lowest BCUT2D eigenvalue weighted by molar-refractivity contribution is 0.179. The Morgan fingerprint density at radius 1 is 1.39 bits per heavy atom. The Morgan fingerprint density at radius 2 is 2.22 bits per heavy atom. The quantitative estimate of drug-likeness (QED) is 0.874. The summed E-state index contributed by atoms with van der Waals surface area (Å²) in [7, 11) is 0. The van der Waals surface area contributed by atoms with Gasteiger partial charge < -0.3 is 10.5 Å². The average Bonchev–Trinajstić information content (AvgIpc) is 2.86. The fraction of sp³-hybridized carbons (Fsp3) is 0.600. The smallest absolute Gasteiger partial charge is 0.123 e. The van der Waals surface area contributed by atoms with Crippen molar-refractivity contribution >= 4 is 0 Å². The Labute approximate surface area is 107 Å². The summed E-state index contributed by atoms with van der Waals surface area (Å²) < 4.78 is 19.0. The highest BCUT2D eigenvalue weighted by Gasteiger charge is 2.34. The fourth-order valence-electron chi connectivity index (χ4n) is 3.37. The predicted molar refractivity (Wildman–Crippen MR) is 69.0 cm³/mol. The molecule has 1 aliphatic carbocycles. The Balaban J connectivity index is 1.64. The van der Waals surface area contributed by atoms with Crippen molar-refractivity contribution in [2.24, 2.45) is 17.6 Å². The molecule has 2 aliphatic rings. The first-order valence-corrected chi connectivity index (χ1v) is 6.84. The minimum absolute atomic E-state index is 0.172. The third kappa shape index (κ3) is 2.12. The summed E-state index contributed by atoms with van der Waals surface area (Å²) in [5.41, 5.74) is 7.07. The van der Waals surface area contributed by atoms with E-state index in [1.54, 1.807) is 12.1 Å². The van der Waals surface area contributed by atoms with Crippen LogP contribution in [0.2, 0.25) is 0 Å². The summed E-state index contributed by atoms with van der Waals surface area (Å²) in [5, 5.41) is 0. The molecule has 1 aromatic rings. The predicted octanol–water partition coefficient (Wildman–Crippen LogP) is 2.89. The van der Waals surface area contributed by atoms with Crippen LogP contribution in [0.4, 0.5) is 4.39 Å². The molecular weight excluding hydrogens is 229 g/mol. The lowest BCUT2D eigenvalue weighted by Crippen LogP contribution is -2.27. The zero-order valence-electron chi connectivity index (χ0n) is 10.7. The van der Waals surface area contributed by atoms with Crippen molar-refractivity contribution in [2.75, 3.05) is 0 Å². The van der Waals surface area contributed by atoms with Crippen LogP contribution in [0, 0.1) is 17.7 Å². The number of ether oxygens (including phenoxy) is 1. The van der Waals surface area contributed by atoms with E-state index in [0.717, 1.165) is 30.6 Å². The topological polar surface area (TPSA) is 35.2 Å². The van der Waals surface area contributed by atoms with E-state index in [9.17, 15) is 4.39 Å². The first kappa shape index (κ1) is 12.0. The van der Waals surface area contributed by atoms with E-state index in [4.69, 9.17) is 10.5 Å². The molecule has 0 spiro atoms. The van der Waals surface area contributed by atoms with Crippen LogP contribution in [0.1, 0.15) is 31.7 Å². The maximum absolute atomic E-state index is 13.1. The average molecular weight is 249 g/mol. The van der Waals surface area contributed by atoms with Gasteiger partial charge in [-0.1, -0.05) is 6.92 Å². The van der Waals surface area contributed by atoms with Crippen molar-refractivity contribution < 1.29 is 9.13 Å². The van der Waals surface area contributed by atoms with Crippen molar-refractivity contribution in [1.82, 2.24) is 0 Å². The van der Waals surface area contributed by atoms with Crippen molar-refractivity contribution in [3.8, 4) is 5.75 Å². The van der Waals surface area contributed by atoms with Crippen LogP contribution in [0.3, 0.4) is 0 Å². The zero-order valence-corrected chi connectivity index (χ0v) is 10.7. The second-order valence-corrected chi connectivity index (χ2v) is 5.79. The van der Waals surface area contributed by atoms with E-state index in [0.29, 0.717) is 17.9 Å². The monoisotopic (exact) mass is 249 g/mol. The first-order valence-electron chi connectivity index (χ1n) is 6.84. The number of hydrogen-bond acceptors (Lipinski definition) is 2. The molecular formula is C15H20FNO. The van der Waals surface area contributed by atoms with E-state index in [-0.39, 0.29) is 11.9 Å². The van der Waals surface area contributed by atoms with Gasteiger partial charge in [-0.25, -0.2) is 4.39 Å². The second-order valence-electron chi connectivity index (χ2n) is 5.79. The van der Waals surface area contributed by atoms with Gasteiger partial charge in [0.1, 0.15) is 17.7 Å². The molecule has 1 aliphatic heterocycles. The molecule has 1 aromatic carbocycles. The summed E-state index contributed by atoms with van der Waals surface area (Å²) in [5.74, 6) is 1.92. The number of fused-ring (bicyclic) bond motifs is 1. The van der Waals surface area contributed by atoms with Gasteiger partial charge in [-0.3, -0.25) is 0 Å². The van der Waals surface area contributed by atoms with Gasteiger partial charge in [0.25, 0.3) is 0 Å². The van der Waals surface area contributed by atoms with Crippen LogP contribution in [0.25, 0.3) is 0 Å². The molecule has 0 bridgehead atoms. The summed E-state index contributed by atoms with van der Waals surface area (Å²) in [6.45, 7) is 2.24. The highest BCUT2D eigenvalue weighted by atomic mass is 19.1. The van der Waals surface area contributed by atoms with Crippen molar-refractivity contribution in [3.63, 3.8) is 0 Å². The van der Waals surface area contributed by atoms with E-state index in [1.165, 1.54) is 12.5 Å². The van der Waals surface area contributed by atoms with E-state index in [2.05, 4.69) is 6.92 Å². The first-order chi connectivity index (χ1) is 8.63. The molecule has 0 amide bonds. The second kappa shape index (κ2) is 4.54. The molecule has 0 aromatic heterocycles. The molecule has 0 saturated heterocycles. The Bertz CT molecular complexity index is 448. The van der Waals surface area contributed by atoms with Crippen molar-refractivity contribution in [1.29, 1.82) is 0 Å². The molecule has 3 heteroatoms. The third-order valence-corrected chi connectivity index (χ3v) is 4.62. The van der Waals surface area contributed by atoms with Gasteiger partial charge in [0.05, 0.1) is 0 Å². The van der Waals surface area contributed by atoms with Gasteiger partial charge in [-0.15, -0.1) is 0 Å². The van der Waals surface area contributed by atoms with Crippen LogP contribution in [-0.2, 0) is 6.42 Å². The van der Waals surface area contributed by atoms with Gasteiger partial charge in [0, 0.05) is 18.0 Å². The van der Waals surface area contributed by atoms with Gasteiger partial charge in [0.15, 0.2) is 0 Å². The van der Waals surface area contributed by atoms with E-state index < -0.39 is 0 Å². The molecule has 4 atom stereocenters. The number of nitrogens with two attached hydrogens (primary N) is 1. The third-order valence-electron chi connectivity index (χ3n) is 4.62. The molecule has 3 rings (SSSR count). The molecule has 1 fully saturated rings. The van der Waals surface area contributed by atoms with Gasteiger partial charge in [0.2, 0.25) is 0 Å². The Kier molecular flexibility index (Phi) is 3.02. The maximum Gasteiger partial charge on any atom is 0.123 e. The number of halogens is 1. The summed E-state index contributed by atoms with van der Waals surface area (Å²) in [6.07, 6.45) is 4.42. The van der Waals surface area contributed by atoms with E-state index >= 15 is 0 Å². The van der Waals surface area contributed by atoms with Crippen LogP contribution < -0.4 is 10.5 Å². The van der Waals surface area contributed by atoms with Crippen LogP contribution in [-0.4, -0.2) is 12.1 Å². The highest BCUT2D eigenvalue weighted by Crippen LogP contribution is 2.38. The minimum atomic E-state index is -0.172. The normalized spacial score (nSPS) is 34.4. The maximum atomic E-state index is 13.1. The molecule has 18 heavy (non-hydrogen) atoms. The van der Waals surface area contributed by atoms with Gasteiger partial charge in [-0.2, -0.15) is 0 Å². The fourth-order valence-corrected chi connectivity index (χ4v) is 3.37. The standard InChI is InChI=1S/C15H20FNO/c1-9-10(2-4-14(9)17)7-13-8-11-6-12(16)3-5-15(11)18-13/h3,5-6,9-10,13-14H,2,4,7-8,17H2,1H3. The lowest BCUT2D eigenvalue weighted by Gasteiger charge is -2.21. The molecule has 2 N–H and O–H groups in total. The number of hydrogen-bond donors (Lipinski definition) is 1. The lowest BCUT2D eigenvalue weighted by atomic mass is 9.89. The largest absolute Gasteiger partial charge is 0.490 e. The van der Waals surface area contributed by atoms with Crippen LogP contribution in [0.5, 0.6) is 5.75 Å². The number of rotatable bonds is 2. The van der Waals surface area contributed by atoms with Crippen LogP contribution in [0.15, 0.2) is 18.2 Å². The Hall–Kier alpha value is -1.09. The van der Waals surface area contributed by atoms with Gasteiger partial charge >= 0.3 is 0 Å². The molecule has 1 saturated carbocycles. The molecule has 0 radical (unpaired) electrons. The minimum Gasteiger partial charge on any atom is -0.490 e. The highest BCUT2D eigenvalue weighted by molar-refractivity contribution is 5.37. The molecule has 4 unspecified atom stereocenters. The van der Waals surface area contributed by atoms with Crippen molar-refractivity contribution in [3.05, 3.63) is 29.6 Å². The van der Waals surface area contributed by atoms with E-state index in [1.807, 2.05) is 0 Å². The molecule has 2 nitrogen and oxygen atoms in total. The summed E-state index contributed by atoms with van der Waals surface area (Å²) in [6, 6.07) is 5.15. The summed E-state index contributed by atoms with van der Waals surface area (Å²) >= 11 is 0. The molecule has 98 valence electrons. The van der Waals surface area contributed by atoms with Crippen LogP contribution >= 0.6 is 0 Å². The number of benzene rings is 1. The Morgan fingerprint density at radius 3 is 2.94 bits per heavy atom. The zero-order chi connectivity index (χ0) is 12.7. The SMILES string of the molecule is CC1C(N)CCC1CC1Cc2cc(F)ccc2O1. The van der Waals surface area contributed by atoms with Gasteiger partial charge in [-0.05, 0) is 49.3 Å². The van der Waals surface area contributed by atoms with Crippen molar-refractivity contribution in [2.45, 2.75) is 44.8 Å². The molecule has 1 heterocycles.